The highest BCUT2D eigenvalue weighted by Gasteiger charge is 2.33. The third-order valence-electron chi connectivity index (χ3n) is 3.66. The fraction of sp³-hybridized carbons (Fsp3) is 0.538. The molecule has 0 unspecified atom stereocenters. The van der Waals surface area contributed by atoms with Crippen molar-refractivity contribution in [3.05, 3.63) is 23.8 Å². The van der Waals surface area contributed by atoms with Gasteiger partial charge < -0.3 is 9.84 Å². The number of nitrogens with zero attached hydrogens (tertiary/aromatic N) is 1. The monoisotopic (exact) mass is 285 g/mol. The maximum Gasteiger partial charge on any atom is 0.246 e. The van der Waals surface area contributed by atoms with E-state index >= 15 is 0 Å². The van der Waals surface area contributed by atoms with Crippen molar-refractivity contribution in [2.45, 2.75) is 36.8 Å². The van der Waals surface area contributed by atoms with Gasteiger partial charge in [0.15, 0.2) is 0 Å². The zero-order chi connectivity index (χ0) is 14.0. The summed E-state index contributed by atoms with van der Waals surface area (Å²) in [6, 6.07) is 4.74. The third kappa shape index (κ3) is 2.61. The lowest BCUT2D eigenvalue weighted by Gasteiger charge is -2.34. The number of rotatable bonds is 5. The van der Waals surface area contributed by atoms with E-state index in [0.29, 0.717) is 5.56 Å². The van der Waals surface area contributed by atoms with Gasteiger partial charge in [-0.2, -0.15) is 4.31 Å². The summed E-state index contributed by atoms with van der Waals surface area (Å²) in [5.41, 5.74) is 0.627. The lowest BCUT2D eigenvalue weighted by atomic mass is 9.94. The van der Waals surface area contributed by atoms with Gasteiger partial charge in [0, 0.05) is 13.1 Å². The maximum absolute atomic E-state index is 12.5. The van der Waals surface area contributed by atoms with Crippen molar-refractivity contribution in [2.24, 2.45) is 0 Å². The van der Waals surface area contributed by atoms with E-state index in [1.165, 1.54) is 17.5 Å². The summed E-state index contributed by atoms with van der Waals surface area (Å²) in [5, 5.41) is 9.08. The van der Waals surface area contributed by atoms with E-state index in [2.05, 4.69) is 0 Å². The second-order valence-electron chi connectivity index (χ2n) is 4.75. The summed E-state index contributed by atoms with van der Waals surface area (Å²) in [4.78, 5) is 0.154. The molecule has 1 aromatic carbocycles. The summed E-state index contributed by atoms with van der Waals surface area (Å²) >= 11 is 0. The number of aliphatic hydroxyl groups excluding tert-OH is 1. The third-order valence-corrected chi connectivity index (χ3v) is 5.61. The van der Waals surface area contributed by atoms with Crippen LogP contribution in [0.2, 0.25) is 0 Å². The largest absolute Gasteiger partial charge is 0.495 e. The molecule has 0 saturated heterocycles. The van der Waals surface area contributed by atoms with Gasteiger partial charge in [-0.15, -0.1) is 0 Å². The summed E-state index contributed by atoms with van der Waals surface area (Å²) < 4.78 is 31.6. The van der Waals surface area contributed by atoms with Crippen molar-refractivity contribution in [1.82, 2.24) is 4.31 Å². The molecule has 0 aliphatic heterocycles. The molecule has 0 bridgehead atoms. The summed E-state index contributed by atoms with van der Waals surface area (Å²) in [6.45, 7) is -0.144. The van der Waals surface area contributed by atoms with Gasteiger partial charge in [-0.25, -0.2) is 8.42 Å². The fourth-order valence-electron chi connectivity index (χ4n) is 2.13. The first kappa shape index (κ1) is 14.3. The van der Waals surface area contributed by atoms with E-state index in [0.717, 1.165) is 19.3 Å². The highest BCUT2D eigenvalue weighted by atomic mass is 32.2. The quantitative estimate of drug-likeness (QED) is 0.887. The molecule has 1 N–H and O–H groups in total. The molecule has 0 atom stereocenters. The van der Waals surface area contributed by atoms with Crippen LogP contribution in [-0.4, -0.2) is 38.0 Å². The first-order chi connectivity index (χ1) is 9.00. The van der Waals surface area contributed by atoms with Crippen LogP contribution in [0, 0.1) is 0 Å². The van der Waals surface area contributed by atoms with Gasteiger partial charge in [-0.3, -0.25) is 0 Å². The summed E-state index contributed by atoms with van der Waals surface area (Å²) in [7, 11) is -0.501. The van der Waals surface area contributed by atoms with E-state index in [4.69, 9.17) is 9.84 Å². The van der Waals surface area contributed by atoms with Crippen LogP contribution in [0.4, 0.5) is 0 Å². The van der Waals surface area contributed by atoms with Crippen LogP contribution < -0.4 is 4.74 Å². The average Bonchev–Trinajstić information content (AvgIpc) is 2.35. The molecule has 6 heteroatoms. The van der Waals surface area contributed by atoms with Crippen LogP contribution >= 0.6 is 0 Å². The Bertz CT molecular complexity index is 552. The number of aliphatic hydroxyl groups is 1. The first-order valence-electron chi connectivity index (χ1n) is 6.26. The molecule has 1 aromatic rings. The molecule has 5 nitrogen and oxygen atoms in total. The summed E-state index contributed by atoms with van der Waals surface area (Å²) in [6.07, 6.45) is 2.89. The molecule has 106 valence electrons. The molecule has 1 aliphatic rings. The lowest BCUT2D eigenvalue weighted by molar-refractivity contribution is 0.249. The molecule has 0 heterocycles. The predicted molar refractivity (Wildman–Crippen MR) is 71.5 cm³/mol. The van der Waals surface area contributed by atoms with E-state index in [-0.39, 0.29) is 23.3 Å². The van der Waals surface area contributed by atoms with Crippen LogP contribution in [0.15, 0.2) is 23.1 Å². The molecule has 0 aromatic heterocycles. The van der Waals surface area contributed by atoms with Gasteiger partial charge in [0.25, 0.3) is 0 Å². The maximum atomic E-state index is 12.5. The zero-order valence-corrected chi connectivity index (χ0v) is 12.0. The number of hydrogen-bond acceptors (Lipinski definition) is 4. The van der Waals surface area contributed by atoms with E-state index in [1.54, 1.807) is 19.2 Å². The second kappa shape index (κ2) is 5.48. The number of benzene rings is 1. The van der Waals surface area contributed by atoms with Gasteiger partial charge in [0.1, 0.15) is 10.6 Å². The Hall–Kier alpha value is -1.11. The topological polar surface area (TPSA) is 66.8 Å². The van der Waals surface area contributed by atoms with Gasteiger partial charge >= 0.3 is 0 Å². The van der Waals surface area contributed by atoms with E-state index in [1.807, 2.05) is 0 Å². The standard InChI is InChI=1S/C13H19NO4S/c1-14(11-4-3-5-11)19(16,17)13-7-6-10(9-15)8-12(13)18-2/h6-8,11,15H,3-5,9H2,1-2H3. The van der Waals surface area contributed by atoms with Crippen LogP contribution in [-0.2, 0) is 16.6 Å². The van der Waals surface area contributed by atoms with Crippen molar-refractivity contribution in [1.29, 1.82) is 0 Å². The Morgan fingerprint density at radius 3 is 2.58 bits per heavy atom. The van der Waals surface area contributed by atoms with Gasteiger partial charge in [-0.05, 0) is 30.5 Å². The Morgan fingerprint density at radius 1 is 1.42 bits per heavy atom. The Morgan fingerprint density at radius 2 is 2.11 bits per heavy atom. The van der Waals surface area contributed by atoms with Crippen molar-refractivity contribution in [2.75, 3.05) is 14.2 Å². The van der Waals surface area contributed by atoms with E-state index < -0.39 is 10.0 Å². The lowest BCUT2D eigenvalue weighted by Crippen LogP contribution is -2.41. The molecule has 1 aliphatic carbocycles. The molecule has 19 heavy (non-hydrogen) atoms. The number of hydrogen-bond donors (Lipinski definition) is 1. The zero-order valence-electron chi connectivity index (χ0n) is 11.2. The van der Waals surface area contributed by atoms with Crippen LogP contribution in [0.1, 0.15) is 24.8 Å². The highest BCUT2D eigenvalue weighted by Crippen LogP contribution is 2.32. The minimum absolute atomic E-state index is 0.0900. The predicted octanol–water partition coefficient (Wildman–Crippen LogP) is 1.36. The van der Waals surface area contributed by atoms with Crippen LogP contribution in [0.25, 0.3) is 0 Å². The van der Waals surface area contributed by atoms with Gasteiger partial charge in [-0.1, -0.05) is 12.5 Å². The van der Waals surface area contributed by atoms with Crippen molar-refractivity contribution < 1.29 is 18.3 Å². The minimum atomic E-state index is -3.54. The molecule has 0 radical (unpaired) electrons. The molecule has 0 amide bonds. The highest BCUT2D eigenvalue weighted by molar-refractivity contribution is 7.89. The van der Waals surface area contributed by atoms with Crippen molar-refractivity contribution in [3.63, 3.8) is 0 Å². The Balaban J connectivity index is 2.39. The molecule has 0 spiro atoms. The van der Waals surface area contributed by atoms with Gasteiger partial charge in [0.05, 0.1) is 13.7 Å². The minimum Gasteiger partial charge on any atom is -0.495 e. The first-order valence-corrected chi connectivity index (χ1v) is 7.70. The SMILES string of the molecule is COc1cc(CO)ccc1S(=O)(=O)N(C)C1CCC1. The molecular formula is C13H19NO4S. The normalized spacial score (nSPS) is 16.4. The van der Waals surface area contributed by atoms with Crippen molar-refractivity contribution in [3.8, 4) is 5.75 Å². The smallest absolute Gasteiger partial charge is 0.246 e. The fourth-order valence-corrected chi connectivity index (χ4v) is 3.68. The van der Waals surface area contributed by atoms with Crippen molar-refractivity contribution >= 4 is 10.0 Å². The Kier molecular flexibility index (Phi) is 4.13. The number of sulfonamides is 1. The van der Waals surface area contributed by atoms with E-state index in [9.17, 15) is 8.42 Å². The number of methoxy groups -OCH3 is 1. The molecule has 1 fully saturated rings. The molecule has 2 rings (SSSR count). The average molecular weight is 285 g/mol. The number of ether oxygens (including phenoxy) is 1. The van der Waals surface area contributed by atoms with Crippen LogP contribution in [0.3, 0.4) is 0 Å². The molecule has 1 saturated carbocycles. The van der Waals surface area contributed by atoms with Gasteiger partial charge in [0.2, 0.25) is 10.0 Å². The second-order valence-corrected chi connectivity index (χ2v) is 6.72. The summed E-state index contributed by atoms with van der Waals surface area (Å²) in [5.74, 6) is 0.276. The Labute approximate surface area is 113 Å². The molecular weight excluding hydrogens is 266 g/mol. The van der Waals surface area contributed by atoms with Crippen LogP contribution in [0.5, 0.6) is 5.75 Å².